The number of primary sulfonamides is 1. The monoisotopic (exact) mass is 288 g/mol. The predicted octanol–water partition coefficient (Wildman–Crippen LogP) is -0.474. The van der Waals surface area contributed by atoms with E-state index < -0.39 is 28.6 Å². The molecule has 1 aromatic rings. The first-order valence-corrected chi connectivity index (χ1v) is 6.57. The summed E-state index contributed by atoms with van der Waals surface area (Å²) in [6, 6.07) is 2.18. The van der Waals surface area contributed by atoms with Crippen molar-refractivity contribution in [2.75, 3.05) is 0 Å². The van der Waals surface area contributed by atoms with Gasteiger partial charge in [-0.05, 0) is 24.1 Å². The number of aryl methyl sites for hydroxylation is 1. The Morgan fingerprint density at radius 3 is 2.37 bits per heavy atom. The van der Waals surface area contributed by atoms with Crippen LogP contribution < -0.4 is 16.6 Å². The van der Waals surface area contributed by atoms with Crippen molar-refractivity contribution in [1.82, 2.24) is 0 Å². The highest BCUT2D eigenvalue weighted by Gasteiger charge is 2.19. The topological polar surface area (TPSA) is 142 Å². The number of guanidine groups is 1. The highest BCUT2D eigenvalue weighted by Crippen LogP contribution is 2.21. The normalized spacial score (nSPS) is 11.1. The number of benzene rings is 1. The summed E-state index contributed by atoms with van der Waals surface area (Å²) in [7, 11) is -4.03. The zero-order valence-electron chi connectivity index (χ0n) is 10.1. The fourth-order valence-corrected chi connectivity index (χ4v) is 2.33. The van der Waals surface area contributed by atoms with Gasteiger partial charge in [0.05, 0.1) is 4.90 Å². The average molecular weight is 288 g/mol. The molecule has 9 heteroatoms. The van der Waals surface area contributed by atoms with Crippen molar-refractivity contribution in [3.8, 4) is 0 Å². The van der Waals surface area contributed by atoms with Gasteiger partial charge in [0.15, 0.2) is 5.96 Å². The van der Waals surface area contributed by atoms with Gasteiger partial charge in [0.2, 0.25) is 10.0 Å². The maximum absolute atomic E-state index is 12.8. The van der Waals surface area contributed by atoms with Crippen LogP contribution >= 0.6 is 0 Å². The molecular weight excluding hydrogens is 275 g/mol. The van der Waals surface area contributed by atoms with E-state index in [2.05, 4.69) is 4.99 Å². The second-order valence-electron chi connectivity index (χ2n) is 3.80. The Balaban J connectivity index is 3.55. The summed E-state index contributed by atoms with van der Waals surface area (Å²) in [5.74, 6) is -1.44. The highest BCUT2D eigenvalue weighted by molar-refractivity contribution is 7.89. The van der Waals surface area contributed by atoms with Crippen molar-refractivity contribution in [3.63, 3.8) is 0 Å². The summed E-state index contributed by atoms with van der Waals surface area (Å²) in [6.45, 7) is 0.473. The molecule has 0 heterocycles. The van der Waals surface area contributed by atoms with Crippen LogP contribution in [0.1, 0.15) is 21.5 Å². The second kappa shape index (κ2) is 5.33. The van der Waals surface area contributed by atoms with Crippen LogP contribution in [0.25, 0.3) is 0 Å². The van der Waals surface area contributed by atoms with Crippen molar-refractivity contribution in [3.05, 3.63) is 28.8 Å². The number of sulfonamides is 1. The number of nitrogens with zero attached hydrogens (tertiary/aromatic N) is 1. The first kappa shape index (κ1) is 15.1. The molecule has 0 spiro atoms. The van der Waals surface area contributed by atoms with Crippen molar-refractivity contribution < 1.29 is 17.6 Å². The van der Waals surface area contributed by atoms with E-state index in [0.717, 1.165) is 6.07 Å². The van der Waals surface area contributed by atoms with E-state index >= 15 is 0 Å². The Morgan fingerprint density at radius 2 is 1.95 bits per heavy atom. The molecule has 0 unspecified atom stereocenters. The molecule has 0 bridgehead atoms. The Kier molecular flexibility index (Phi) is 4.22. The third-order valence-corrected chi connectivity index (χ3v) is 3.37. The number of amides is 1. The fraction of sp³-hybridized carbons (Fsp3) is 0.200. The van der Waals surface area contributed by atoms with Crippen LogP contribution in [0, 0.1) is 6.92 Å². The smallest absolute Gasteiger partial charge is 0.280 e. The maximum atomic E-state index is 12.8. The van der Waals surface area contributed by atoms with Crippen LogP contribution in [-0.2, 0) is 16.7 Å². The van der Waals surface area contributed by atoms with Gasteiger partial charge in [0, 0.05) is 5.56 Å². The molecule has 0 aliphatic carbocycles. The number of hydrogen-bond donors (Lipinski definition) is 3. The number of halogens is 1. The summed E-state index contributed by atoms with van der Waals surface area (Å²) in [5, 5.41) is 5.00. The van der Waals surface area contributed by atoms with Gasteiger partial charge in [-0.1, -0.05) is 6.07 Å². The third-order valence-electron chi connectivity index (χ3n) is 2.31. The van der Waals surface area contributed by atoms with Crippen molar-refractivity contribution in [1.29, 1.82) is 0 Å². The van der Waals surface area contributed by atoms with Gasteiger partial charge in [0.1, 0.15) is 6.67 Å². The lowest BCUT2D eigenvalue weighted by Gasteiger charge is -2.09. The minimum atomic E-state index is -4.03. The standard InChI is InChI=1S/C10H13FN4O3S/c1-5-2-6(4-11)7(9(16)15-10(12)13)3-8(5)19(14,17)18/h2-3H,4H2,1H3,(H2,14,17,18)(H4,12,13,15,16). The van der Waals surface area contributed by atoms with Gasteiger partial charge < -0.3 is 11.5 Å². The fourth-order valence-electron chi connectivity index (χ4n) is 1.54. The molecule has 1 amide bonds. The lowest BCUT2D eigenvalue weighted by atomic mass is 10.0. The SMILES string of the molecule is Cc1cc(CF)c(C(=O)N=C(N)N)cc1S(N)(=O)=O. The predicted molar refractivity (Wildman–Crippen MR) is 67.5 cm³/mol. The number of hydrogen-bond acceptors (Lipinski definition) is 3. The molecule has 7 nitrogen and oxygen atoms in total. The molecule has 19 heavy (non-hydrogen) atoms. The molecular formula is C10H13FN4O3S. The van der Waals surface area contributed by atoms with E-state index in [4.69, 9.17) is 16.6 Å². The van der Waals surface area contributed by atoms with Gasteiger partial charge in [-0.2, -0.15) is 4.99 Å². The summed E-state index contributed by atoms with van der Waals surface area (Å²) in [4.78, 5) is 14.6. The molecule has 0 saturated carbocycles. The highest BCUT2D eigenvalue weighted by atomic mass is 32.2. The number of nitrogens with two attached hydrogens (primary N) is 3. The number of carbonyl (C=O) groups excluding carboxylic acids is 1. The zero-order chi connectivity index (χ0) is 14.8. The Morgan fingerprint density at radius 1 is 1.37 bits per heavy atom. The Hall–Kier alpha value is -2.00. The van der Waals surface area contributed by atoms with Crippen molar-refractivity contribution in [2.24, 2.45) is 21.6 Å². The van der Waals surface area contributed by atoms with Crippen LogP contribution in [0.5, 0.6) is 0 Å². The summed E-state index contributed by atoms with van der Waals surface area (Å²) >= 11 is 0. The zero-order valence-corrected chi connectivity index (χ0v) is 10.9. The molecule has 1 rings (SSSR count). The van der Waals surface area contributed by atoms with Crippen LogP contribution in [0.2, 0.25) is 0 Å². The Labute approximate surface area is 109 Å². The quantitative estimate of drug-likeness (QED) is 0.509. The first-order chi connectivity index (χ1) is 8.66. The minimum absolute atomic E-state index is 0.0140. The third kappa shape index (κ3) is 3.48. The number of alkyl halides is 1. The maximum Gasteiger partial charge on any atom is 0.280 e. The van der Waals surface area contributed by atoms with Crippen LogP contribution in [0.4, 0.5) is 4.39 Å². The molecule has 0 radical (unpaired) electrons. The number of aliphatic imine (C=N–C) groups is 1. The van der Waals surface area contributed by atoms with Crippen LogP contribution in [0.3, 0.4) is 0 Å². The van der Waals surface area contributed by atoms with Gasteiger partial charge in [-0.15, -0.1) is 0 Å². The van der Waals surface area contributed by atoms with E-state index in [0.29, 0.717) is 0 Å². The first-order valence-electron chi connectivity index (χ1n) is 5.03. The molecule has 104 valence electrons. The minimum Gasteiger partial charge on any atom is -0.370 e. The summed E-state index contributed by atoms with van der Waals surface area (Å²) in [5.41, 5.74) is 10.1. The van der Waals surface area contributed by atoms with Gasteiger partial charge in [0.25, 0.3) is 5.91 Å². The average Bonchev–Trinajstić information content (AvgIpc) is 2.25. The molecule has 0 atom stereocenters. The van der Waals surface area contributed by atoms with Crippen molar-refractivity contribution >= 4 is 21.9 Å². The number of carbonyl (C=O) groups is 1. The number of rotatable bonds is 3. The molecule has 0 aliphatic heterocycles. The Bertz CT molecular complexity index is 651. The molecule has 1 aromatic carbocycles. The van der Waals surface area contributed by atoms with Gasteiger partial charge in [-0.3, -0.25) is 4.79 Å². The van der Waals surface area contributed by atoms with E-state index in [1.807, 2.05) is 0 Å². The summed E-state index contributed by atoms with van der Waals surface area (Å²) < 4.78 is 35.5. The largest absolute Gasteiger partial charge is 0.370 e. The molecule has 6 N–H and O–H groups in total. The molecule has 0 aromatic heterocycles. The van der Waals surface area contributed by atoms with E-state index in [9.17, 15) is 17.6 Å². The van der Waals surface area contributed by atoms with Crippen LogP contribution in [-0.4, -0.2) is 20.3 Å². The van der Waals surface area contributed by atoms with E-state index in [1.165, 1.54) is 13.0 Å². The molecule has 0 fully saturated rings. The second-order valence-corrected chi connectivity index (χ2v) is 5.33. The van der Waals surface area contributed by atoms with E-state index in [1.54, 1.807) is 0 Å². The van der Waals surface area contributed by atoms with Crippen LogP contribution in [0.15, 0.2) is 22.0 Å². The summed E-state index contributed by atoms with van der Waals surface area (Å²) in [6.07, 6.45) is 0. The molecule has 0 saturated heterocycles. The van der Waals surface area contributed by atoms with Gasteiger partial charge in [-0.25, -0.2) is 17.9 Å². The lowest BCUT2D eigenvalue weighted by Crippen LogP contribution is -2.24. The molecule has 0 aliphatic rings. The lowest BCUT2D eigenvalue weighted by molar-refractivity contribution is 0.100. The van der Waals surface area contributed by atoms with Gasteiger partial charge >= 0.3 is 0 Å². The van der Waals surface area contributed by atoms with Crippen molar-refractivity contribution in [2.45, 2.75) is 18.5 Å². The van der Waals surface area contributed by atoms with E-state index in [-0.39, 0.29) is 21.6 Å².